The lowest BCUT2D eigenvalue weighted by atomic mass is 9.58. The Balaban J connectivity index is 1.64. The summed E-state index contributed by atoms with van der Waals surface area (Å²) in [6.45, 7) is 8.79. The molecule has 0 aliphatic heterocycles. The highest BCUT2D eigenvalue weighted by molar-refractivity contribution is 7.17. The molecular formula is C25H35NO5S. The number of rotatable bonds is 5. The largest absolute Gasteiger partial charge is 0.481 e. The molecule has 1 amide bonds. The van der Waals surface area contributed by atoms with Crippen LogP contribution < -0.4 is 5.32 Å². The van der Waals surface area contributed by atoms with Crippen LogP contribution in [0.15, 0.2) is 0 Å². The zero-order valence-electron chi connectivity index (χ0n) is 19.5. The third-order valence-electron chi connectivity index (χ3n) is 8.01. The van der Waals surface area contributed by atoms with Crippen LogP contribution in [0.2, 0.25) is 0 Å². The number of thiophene rings is 1. The number of carbonyl (C=O) groups excluding carboxylic acids is 2. The molecule has 2 N–H and O–H groups in total. The first-order chi connectivity index (χ1) is 15.1. The van der Waals surface area contributed by atoms with Crippen LogP contribution in [0.1, 0.15) is 80.6 Å². The average Bonchev–Trinajstić information content (AvgIpc) is 3.10. The number of carboxylic acid groups (broad SMARTS) is 1. The quantitative estimate of drug-likeness (QED) is 0.592. The van der Waals surface area contributed by atoms with Crippen molar-refractivity contribution < 1.29 is 24.2 Å². The average molecular weight is 462 g/mol. The van der Waals surface area contributed by atoms with Crippen molar-refractivity contribution in [3.05, 3.63) is 16.0 Å². The molecule has 4 aliphatic carbocycles. The van der Waals surface area contributed by atoms with E-state index in [9.17, 15) is 19.5 Å². The predicted molar refractivity (Wildman–Crippen MR) is 124 cm³/mol. The number of ether oxygens (including phenoxy) is 1. The highest BCUT2D eigenvalue weighted by Crippen LogP contribution is 2.50. The molecule has 3 atom stereocenters. The van der Waals surface area contributed by atoms with Crippen molar-refractivity contribution in [2.24, 2.45) is 35.0 Å². The molecule has 0 saturated heterocycles. The van der Waals surface area contributed by atoms with Crippen LogP contribution in [0.5, 0.6) is 0 Å². The summed E-state index contributed by atoms with van der Waals surface area (Å²) in [4.78, 5) is 39.5. The number of carboxylic acids is 1. The molecule has 176 valence electrons. The molecule has 1 heterocycles. The van der Waals surface area contributed by atoms with E-state index >= 15 is 0 Å². The first-order valence-corrected chi connectivity index (χ1v) is 12.8. The van der Waals surface area contributed by atoms with E-state index in [-0.39, 0.29) is 29.8 Å². The van der Waals surface area contributed by atoms with E-state index in [4.69, 9.17) is 4.74 Å². The highest BCUT2D eigenvalue weighted by atomic mass is 32.1. The van der Waals surface area contributed by atoms with E-state index in [0.717, 1.165) is 55.4 Å². The SMILES string of the molecule is CCOC(=O)c1c(NC(=O)[C@@H]2C3CCC(CC3)[C@H]2C(=O)O)sc2c1CC[C@H](C(C)(C)C)C2. The Morgan fingerprint density at radius 1 is 1.06 bits per heavy atom. The van der Waals surface area contributed by atoms with Gasteiger partial charge in [0.1, 0.15) is 5.00 Å². The molecule has 32 heavy (non-hydrogen) atoms. The number of esters is 1. The number of hydrogen-bond acceptors (Lipinski definition) is 5. The number of anilines is 1. The number of carbonyl (C=O) groups is 3. The standard InChI is InChI=1S/C25H35NO5S/c1-5-31-24(30)20-16-11-10-15(25(2,3)4)12-17(16)32-22(20)26-21(27)18-13-6-8-14(9-7-13)19(18)23(28)29/h13-15,18-19H,5-12H2,1-4H3,(H,26,27)(H,28,29)/t13?,14?,15-,18+,19+/m0/s1. The monoisotopic (exact) mass is 461 g/mol. The molecule has 0 radical (unpaired) electrons. The lowest BCUT2D eigenvalue weighted by Gasteiger charge is -2.45. The minimum atomic E-state index is -0.872. The smallest absolute Gasteiger partial charge is 0.341 e. The molecule has 0 aromatic carbocycles. The summed E-state index contributed by atoms with van der Waals surface area (Å²) < 4.78 is 5.35. The van der Waals surface area contributed by atoms with Crippen molar-refractivity contribution in [1.82, 2.24) is 0 Å². The van der Waals surface area contributed by atoms with Crippen LogP contribution in [0.3, 0.4) is 0 Å². The molecular weight excluding hydrogens is 426 g/mol. The van der Waals surface area contributed by atoms with Gasteiger partial charge >= 0.3 is 11.9 Å². The van der Waals surface area contributed by atoms with E-state index in [1.54, 1.807) is 6.92 Å². The third kappa shape index (κ3) is 4.20. The summed E-state index contributed by atoms with van der Waals surface area (Å²) in [6.07, 6.45) is 6.28. The first-order valence-electron chi connectivity index (χ1n) is 12.0. The third-order valence-corrected chi connectivity index (χ3v) is 9.18. The normalized spacial score (nSPS) is 29.3. The van der Waals surface area contributed by atoms with Gasteiger partial charge in [0.05, 0.1) is 24.0 Å². The predicted octanol–water partition coefficient (Wildman–Crippen LogP) is 5.15. The zero-order chi connectivity index (χ0) is 23.2. The van der Waals surface area contributed by atoms with E-state index in [1.807, 2.05) is 0 Å². The van der Waals surface area contributed by atoms with Gasteiger partial charge in [-0.3, -0.25) is 9.59 Å². The van der Waals surface area contributed by atoms with Crippen molar-refractivity contribution in [2.75, 3.05) is 11.9 Å². The van der Waals surface area contributed by atoms with Crippen molar-refractivity contribution >= 4 is 34.2 Å². The second kappa shape index (κ2) is 8.81. The van der Waals surface area contributed by atoms with Crippen molar-refractivity contribution in [3.8, 4) is 0 Å². The van der Waals surface area contributed by atoms with E-state index < -0.39 is 23.8 Å². The van der Waals surface area contributed by atoms with Crippen LogP contribution in [0.25, 0.3) is 0 Å². The summed E-state index contributed by atoms with van der Waals surface area (Å²) in [6, 6.07) is 0. The van der Waals surface area contributed by atoms with Gasteiger partial charge in [-0.2, -0.15) is 0 Å². The van der Waals surface area contributed by atoms with Gasteiger partial charge in [-0.05, 0) is 80.6 Å². The van der Waals surface area contributed by atoms with Gasteiger partial charge < -0.3 is 15.2 Å². The molecule has 3 saturated carbocycles. The van der Waals surface area contributed by atoms with Crippen LogP contribution >= 0.6 is 11.3 Å². The lowest BCUT2D eigenvalue weighted by Crippen LogP contribution is -2.49. The maximum absolute atomic E-state index is 13.4. The van der Waals surface area contributed by atoms with Gasteiger partial charge in [0.2, 0.25) is 5.91 Å². The fourth-order valence-corrected chi connectivity index (χ4v) is 7.53. The second-order valence-electron chi connectivity index (χ2n) is 10.8. The van der Waals surface area contributed by atoms with E-state index in [0.29, 0.717) is 16.5 Å². The molecule has 4 aliphatic rings. The Bertz CT molecular complexity index is 906. The molecule has 5 rings (SSSR count). The lowest BCUT2D eigenvalue weighted by molar-refractivity contribution is -0.156. The Morgan fingerprint density at radius 2 is 1.69 bits per heavy atom. The first kappa shape index (κ1) is 23.3. The summed E-state index contributed by atoms with van der Waals surface area (Å²) in [5, 5.41) is 13.4. The van der Waals surface area contributed by atoms with Crippen molar-refractivity contribution in [3.63, 3.8) is 0 Å². The van der Waals surface area contributed by atoms with Gasteiger partial charge in [0.15, 0.2) is 0 Å². The molecule has 6 nitrogen and oxygen atoms in total. The number of hydrogen-bond donors (Lipinski definition) is 2. The number of aliphatic carboxylic acids is 1. The maximum atomic E-state index is 13.4. The minimum Gasteiger partial charge on any atom is -0.481 e. The van der Waals surface area contributed by atoms with Crippen LogP contribution in [-0.2, 0) is 27.2 Å². The molecule has 3 fully saturated rings. The second-order valence-corrected chi connectivity index (χ2v) is 11.9. The van der Waals surface area contributed by atoms with Crippen molar-refractivity contribution in [1.29, 1.82) is 0 Å². The highest BCUT2D eigenvalue weighted by Gasteiger charge is 2.50. The Hall–Kier alpha value is -1.89. The summed E-state index contributed by atoms with van der Waals surface area (Å²) in [5.41, 5.74) is 1.66. The Kier molecular flexibility index (Phi) is 6.40. The van der Waals surface area contributed by atoms with Crippen LogP contribution in [0, 0.1) is 35.0 Å². The minimum absolute atomic E-state index is 0.0712. The number of amides is 1. The van der Waals surface area contributed by atoms with Gasteiger partial charge in [-0.25, -0.2) is 4.79 Å². The van der Waals surface area contributed by atoms with E-state index in [2.05, 4.69) is 26.1 Å². The van der Waals surface area contributed by atoms with Crippen LogP contribution in [0.4, 0.5) is 5.00 Å². The van der Waals surface area contributed by atoms with Gasteiger partial charge in [0.25, 0.3) is 0 Å². The van der Waals surface area contributed by atoms with Crippen LogP contribution in [-0.4, -0.2) is 29.6 Å². The molecule has 2 bridgehead atoms. The Morgan fingerprint density at radius 3 is 2.25 bits per heavy atom. The summed E-state index contributed by atoms with van der Waals surface area (Å²) in [5.74, 6) is -1.99. The topological polar surface area (TPSA) is 92.7 Å². The summed E-state index contributed by atoms with van der Waals surface area (Å²) >= 11 is 1.48. The maximum Gasteiger partial charge on any atom is 0.341 e. The molecule has 0 spiro atoms. The summed E-state index contributed by atoms with van der Waals surface area (Å²) in [7, 11) is 0. The Labute approximate surface area is 194 Å². The van der Waals surface area contributed by atoms with Gasteiger partial charge in [-0.1, -0.05) is 20.8 Å². The molecule has 7 heteroatoms. The van der Waals surface area contributed by atoms with Crippen molar-refractivity contribution in [2.45, 2.75) is 72.6 Å². The molecule has 1 aromatic heterocycles. The van der Waals surface area contributed by atoms with E-state index in [1.165, 1.54) is 11.3 Å². The fourth-order valence-electron chi connectivity index (χ4n) is 6.21. The zero-order valence-corrected chi connectivity index (χ0v) is 20.3. The fraction of sp³-hybridized carbons (Fsp3) is 0.720. The number of fused-ring (bicyclic) bond motifs is 4. The number of nitrogens with one attached hydrogen (secondary N) is 1. The molecule has 1 aromatic rings. The van der Waals surface area contributed by atoms with Gasteiger partial charge in [0, 0.05) is 4.88 Å². The van der Waals surface area contributed by atoms with Gasteiger partial charge in [-0.15, -0.1) is 11.3 Å². The molecule has 0 unspecified atom stereocenters.